The molecule has 6 rings (SSSR count). The SMILES string of the molecule is O=C(Nc1c(Cl)cncc1Cl)C(=O)c1cn(CCCCCCn2cc(C(=O)C(=O)Nc3c(Cl)cncc3Cl)c3cccnc32)c2ncccc12. The zero-order valence-corrected chi connectivity index (χ0v) is 29.0. The van der Waals surface area contributed by atoms with Crippen molar-refractivity contribution in [3.63, 3.8) is 0 Å². The Labute approximate surface area is 304 Å². The zero-order valence-electron chi connectivity index (χ0n) is 26.0. The normalized spacial score (nSPS) is 11.2. The van der Waals surface area contributed by atoms with Gasteiger partial charge in [0.15, 0.2) is 0 Å². The lowest BCUT2D eigenvalue weighted by atomic mass is 10.1. The van der Waals surface area contributed by atoms with Gasteiger partial charge in [-0.05, 0) is 37.1 Å². The highest BCUT2D eigenvalue weighted by Crippen LogP contribution is 2.31. The van der Waals surface area contributed by atoms with Gasteiger partial charge in [-0.1, -0.05) is 59.2 Å². The molecule has 0 saturated heterocycles. The number of nitrogens with one attached hydrogen (secondary N) is 2. The number of ketones is 2. The predicted molar refractivity (Wildman–Crippen MR) is 192 cm³/mol. The predicted octanol–water partition coefficient (Wildman–Crippen LogP) is 7.69. The summed E-state index contributed by atoms with van der Waals surface area (Å²) in [6, 6.07) is 6.89. The van der Waals surface area contributed by atoms with Gasteiger partial charge in [-0.2, -0.15) is 0 Å². The molecule has 0 fully saturated rings. The highest BCUT2D eigenvalue weighted by atomic mass is 35.5. The molecule has 6 aromatic rings. The van der Waals surface area contributed by atoms with Crippen LogP contribution in [0, 0.1) is 0 Å². The van der Waals surface area contributed by atoms with E-state index in [0.717, 1.165) is 25.7 Å². The van der Waals surface area contributed by atoms with Crippen LogP contribution in [0.15, 0.2) is 73.8 Å². The fraction of sp³-hybridized carbons (Fsp3) is 0.176. The Morgan fingerprint density at radius 3 is 1.34 bits per heavy atom. The van der Waals surface area contributed by atoms with E-state index in [1.54, 1.807) is 49.1 Å². The summed E-state index contributed by atoms with van der Waals surface area (Å²) >= 11 is 24.4. The lowest BCUT2D eigenvalue weighted by Gasteiger charge is -2.07. The Morgan fingerprint density at radius 2 is 0.960 bits per heavy atom. The summed E-state index contributed by atoms with van der Waals surface area (Å²) in [7, 11) is 0. The molecule has 0 radical (unpaired) electrons. The first-order valence-electron chi connectivity index (χ1n) is 15.3. The van der Waals surface area contributed by atoms with Crippen molar-refractivity contribution in [3.05, 3.63) is 105 Å². The molecule has 0 aliphatic heterocycles. The number of hydrogen-bond donors (Lipinski definition) is 2. The van der Waals surface area contributed by atoms with Crippen molar-refractivity contribution in [3.8, 4) is 0 Å². The third-order valence-electron chi connectivity index (χ3n) is 7.90. The summed E-state index contributed by atoms with van der Waals surface area (Å²) < 4.78 is 3.72. The molecule has 0 saturated carbocycles. The maximum absolute atomic E-state index is 13.2. The highest BCUT2D eigenvalue weighted by Gasteiger charge is 2.25. The number of aryl methyl sites for hydroxylation is 2. The number of unbranched alkanes of at least 4 members (excludes halogenated alkanes) is 3. The molecule has 0 aliphatic rings. The van der Waals surface area contributed by atoms with Crippen LogP contribution >= 0.6 is 46.4 Å². The summed E-state index contributed by atoms with van der Waals surface area (Å²) in [5.74, 6) is -3.27. The first-order chi connectivity index (χ1) is 24.1. The van der Waals surface area contributed by atoms with Gasteiger partial charge in [-0.15, -0.1) is 0 Å². The lowest BCUT2D eigenvalue weighted by molar-refractivity contribution is -0.113. The van der Waals surface area contributed by atoms with E-state index < -0.39 is 23.4 Å². The minimum atomic E-state index is -0.886. The molecule has 0 bridgehead atoms. The molecule has 6 heterocycles. The molecular weight excluding hydrogens is 726 g/mol. The summed E-state index contributed by atoms with van der Waals surface area (Å²) in [6.07, 6.45) is 15.1. The van der Waals surface area contributed by atoms with E-state index in [1.807, 2.05) is 9.13 Å². The van der Waals surface area contributed by atoms with Gasteiger partial charge in [0.25, 0.3) is 23.4 Å². The second-order valence-corrected chi connectivity index (χ2v) is 12.8. The number of amides is 2. The molecule has 2 amide bonds. The molecule has 6 aromatic heterocycles. The number of Topliss-reactive ketones (excluding diaryl/α,β-unsaturated/α-hetero) is 2. The van der Waals surface area contributed by atoms with Gasteiger partial charge in [0.05, 0.1) is 42.6 Å². The number of nitrogens with zero attached hydrogens (tertiary/aromatic N) is 6. The topological polar surface area (TPSA) is 154 Å². The fourth-order valence-electron chi connectivity index (χ4n) is 5.51. The number of carbonyl (C=O) groups is 4. The third-order valence-corrected chi connectivity index (χ3v) is 9.05. The largest absolute Gasteiger partial charge is 0.332 e. The Bertz CT molecular complexity index is 2090. The Morgan fingerprint density at radius 1 is 0.580 bits per heavy atom. The highest BCUT2D eigenvalue weighted by molar-refractivity contribution is 6.51. The van der Waals surface area contributed by atoms with Gasteiger partial charge in [0.1, 0.15) is 11.3 Å². The van der Waals surface area contributed by atoms with Crippen LogP contribution in [0.25, 0.3) is 22.1 Å². The summed E-state index contributed by atoms with van der Waals surface area (Å²) in [4.78, 5) is 68.8. The van der Waals surface area contributed by atoms with Crippen molar-refractivity contribution in [2.75, 3.05) is 10.6 Å². The van der Waals surface area contributed by atoms with Crippen LogP contribution in [0.1, 0.15) is 46.4 Å². The average Bonchev–Trinajstić information content (AvgIpc) is 3.67. The summed E-state index contributed by atoms with van der Waals surface area (Å²) in [5.41, 5.74) is 1.82. The maximum atomic E-state index is 13.2. The van der Waals surface area contributed by atoms with E-state index in [2.05, 4.69) is 30.6 Å². The van der Waals surface area contributed by atoms with Crippen molar-refractivity contribution < 1.29 is 19.2 Å². The number of aromatic nitrogens is 6. The van der Waals surface area contributed by atoms with E-state index in [9.17, 15) is 19.2 Å². The smallest absolute Gasteiger partial charge is 0.296 e. The molecule has 0 unspecified atom stereocenters. The van der Waals surface area contributed by atoms with Gasteiger partial charge in [-0.3, -0.25) is 29.1 Å². The van der Waals surface area contributed by atoms with Crippen LogP contribution in [-0.4, -0.2) is 52.5 Å². The molecule has 0 atom stereocenters. The first kappa shape index (κ1) is 35.0. The van der Waals surface area contributed by atoms with Crippen LogP contribution in [-0.2, 0) is 22.7 Å². The Balaban J connectivity index is 1.07. The molecule has 0 aromatic carbocycles. The molecule has 254 valence electrons. The molecule has 0 spiro atoms. The second-order valence-electron chi connectivity index (χ2n) is 11.2. The molecule has 2 N–H and O–H groups in total. The monoisotopic (exact) mass is 750 g/mol. The second kappa shape index (κ2) is 15.3. The zero-order chi connectivity index (χ0) is 35.4. The molecule has 50 heavy (non-hydrogen) atoms. The van der Waals surface area contributed by atoms with E-state index in [0.29, 0.717) is 35.2 Å². The first-order valence-corrected chi connectivity index (χ1v) is 16.8. The standard InChI is InChI=1S/C34H26Cl4N8O4/c35-23-13-39-14-24(36)27(23)43-33(49)29(47)21-17-45(31-19(21)7-5-9-41-31)11-3-1-2-4-12-46-18-22(20-8-6-10-42-32(20)46)30(48)34(50)44-28-25(37)15-40-16-26(28)38/h5-10,13-18H,1-4,11-12H2,(H,39,43,49)(H,40,44,50). The summed E-state index contributed by atoms with van der Waals surface area (Å²) in [5, 5.41) is 6.53. The van der Waals surface area contributed by atoms with Crippen LogP contribution in [0.2, 0.25) is 20.1 Å². The minimum Gasteiger partial charge on any atom is -0.332 e. The minimum absolute atomic E-state index is 0.109. The number of hydrogen-bond acceptors (Lipinski definition) is 8. The van der Waals surface area contributed by atoms with E-state index in [1.165, 1.54) is 24.8 Å². The van der Waals surface area contributed by atoms with Gasteiger partial charge < -0.3 is 19.8 Å². The summed E-state index contributed by atoms with van der Waals surface area (Å²) in [6.45, 7) is 1.13. The van der Waals surface area contributed by atoms with Crippen molar-refractivity contribution in [2.45, 2.75) is 38.8 Å². The Hall–Kier alpha value is -4.88. The molecule has 0 aliphatic carbocycles. The van der Waals surface area contributed by atoms with Gasteiger partial charge >= 0.3 is 0 Å². The number of rotatable bonds is 13. The number of fused-ring (bicyclic) bond motifs is 2. The van der Waals surface area contributed by atoms with Crippen molar-refractivity contribution in [1.29, 1.82) is 0 Å². The molecule has 12 nitrogen and oxygen atoms in total. The fourth-order valence-corrected chi connectivity index (χ4v) is 6.43. The van der Waals surface area contributed by atoms with E-state index in [4.69, 9.17) is 46.4 Å². The number of anilines is 2. The van der Waals surface area contributed by atoms with Gasteiger partial charge in [0, 0.05) is 73.4 Å². The average molecular weight is 752 g/mol. The number of halogens is 4. The maximum Gasteiger partial charge on any atom is 0.296 e. The van der Waals surface area contributed by atoms with Crippen molar-refractivity contribution in [2.24, 2.45) is 0 Å². The van der Waals surface area contributed by atoms with E-state index >= 15 is 0 Å². The van der Waals surface area contributed by atoms with Crippen LogP contribution in [0.3, 0.4) is 0 Å². The van der Waals surface area contributed by atoms with E-state index in [-0.39, 0.29) is 42.6 Å². The van der Waals surface area contributed by atoms with Crippen LogP contribution in [0.4, 0.5) is 11.4 Å². The van der Waals surface area contributed by atoms with Crippen LogP contribution in [0.5, 0.6) is 0 Å². The van der Waals surface area contributed by atoms with Gasteiger partial charge in [0.2, 0.25) is 0 Å². The quantitative estimate of drug-likeness (QED) is 0.0692. The molecule has 16 heteroatoms. The number of pyridine rings is 4. The molecular formula is C34H26Cl4N8O4. The van der Waals surface area contributed by atoms with Crippen molar-refractivity contribution >= 4 is 103 Å². The third kappa shape index (κ3) is 7.34. The van der Waals surface area contributed by atoms with Gasteiger partial charge in [-0.25, -0.2) is 9.97 Å². The number of carbonyl (C=O) groups excluding carboxylic acids is 4. The lowest BCUT2D eigenvalue weighted by Crippen LogP contribution is -2.23. The van der Waals surface area contributed by atoms with Crippen LogP contribution < -0.4 is 10.6 Å². The van der Waals surface area contributed by atoms with Crippen molar-refractivity contribution in [1.82, 2.24) is 29.1 Å². The Kier molecular flexibility index (Phi) is 10.7.